The Morgan fingerprint density at radius 2 is 1.76 bits per heavy atom. The number of rotatable bonds is 5. The smallest absolute Gasteiger partial charge is 0.00954 e. The maximum Gasteiger partial charge on any atom is 0.00954 e. The molecule has 0 aromatic heterocycles. The normalized spacial score (nSPS) is 35.3. The Morgan fingerprint density at radius 3 is 2.41 bits per heavy atom. The Morgan fingerprint density at radius 1 is 1.00 bits per heavy atom. The van der Waals surface area contributed by atoms with Crippen molar-refractivity contribution >= 4 is 0 Å². The minimum Gasteiger partial charge on any atom is -0.314 e. The second-order valence-corrected chi connectivity index (χ2v) is 6.46. The van der Waals surface area contributed by atoms with Gasteiger partial charge in [-0.3, -0.25) is 0 Å². The van der Waals surface area contributed by atoms with E-state index in [2.05, 4.69) is 19.2 Å². The largest absolute Gasteiger partial charge is 0.314 e. The van der Waals surface area contributed by atoms with Crippen LogP contribution in [0.5, 0.6) is 0 Å². The van der Waals surface area contributed by atoms with E-state index in [1.54, 1.807) is 0 Å². The van der Waals surface area contributed by atoms with Gasteiger partial charge in [0, 0.05) is 6.04 Å². The summed E-state index contributed by atoms with van der Waals surface area (Å²) in [6.07, 6.45) is 13.1. The molecule has 0 aromatic rings. The van der Waals surface area contributed by atoms with Crippen LogP contribution in [0.4, 0.5) is 0 Å². The molecule has 2 aliphatic rings. The molecule has 2 rings (SSSR count). The van der Waals surface area contributed by atoms with Crippen LogP contribution in [0.1, 0.15) is 71.6 Å². The summed E-state index contributed by atoms with van der Waals surface area (Å²) in [5.41, 5.74) is 0. The van der Waals surface area contributed by atoms with Gasteiger partial charge in [0.05, 0.1) is 0 Å². The van der Waals surface area contributed by atoms with Gasteiger partial charge in [0.1, 0.15) is 0 Å². The van der Waals surface area contributed by atoms with E-state index in [1.807, 2.05) is 0 Å². The molecule has 100 valence electrons. The molecule has 1 heteroatoms. The standard InChI is InChI=1S/C16H31N/c1-3-15-9-10-16(13(15)2)17-12-11-14-7-5-4-6-8-14/h13-17H,3-12H2,1-2H3. The molecular weight excluding hydrogens is 206 g/mol. The van der Waals surface area contributed by atoms with Crippen molar-refractivity contribution in [1.29, 1.82) is 0 Å². The van der Waals surface area contributed by atoms with Crippen molar-refractivity contribution in [2.75, 3.05) is 6.54 Å². The monoisotopic (exact) mass is 237 g/mol. The SMILES string of the molecule is CCC1CCC(NCCC2CCCCC2)C1C. The average Bonchev–Trinajstić information content (AvgIpc) is 2.72. The van der Waals surface area contributed by atoms with Gasteiger partial charge in [-0.05, 0) is 43.6 Å². The van der Waals surface area contributed by atoms with Crippen LogP contribution < -0.4 is 5.32 Å². The molecule has 2 aliphatic carbocycles. The molecule has 0 aromatic carbocycles. The highest BCUT2D eigenvalue weighted by atomic mass is 14.9. The molecule has 0 heterocycles. The van der Waals surface area contributed by atoms with Gasteiger partial charge in [-0.25, -0.2) is 0 Å². The predicted molar refractivity (Wildman–Crippen MR) is 75.2 cm³/mol. The molecule has 0 radical (unpaired) electrons. The quantitative estimate of drug-likeness (QED) is 0.748. The van der Waals surface area contributed by atoms with Crippen LogP contribution in [-0.4, -0.2) is 12.6 Å². The number of hydrogen-bond acceptors (Lipinski definition) is 1. The fraction of sp³-hybridized carbons (Fsp3) is 1.00. The van der Waals surface area contributed by atoms with E-state index >= 15 is 0 Å². The lowest BCUT2D eigenvalue weighted by atomic mass is 9.87. The third-order valence-corrected chi connectivity index (χ3v) is 5.43. The van der Waals surface area contributed by atoms with Crippen molar-refractivity contribution in [2.24, 2.45) is 17.8 Å². The number of hydrogen-bond donors (Lipinski definition) is 1. The fourth-order valence-electron chi connectivity index (χ4n) is 4.06. The topological polar surface area (TPSA) is 12.0 Å². The first-order chi connectivity index (χ1) is 8.31. The summed E-state index contributed by atoms with van der Waals surface area (Å²) in [5, 5.41) is 3.84. The third kappa shape index (κ3) is 3.71. The van der Waals surface area contributed by atoms with Crippen LogP contribution in [0.15, 0.2) is 0 Å². The first kappa shape index (κ1) is 13.4. The van der Waals surface area contributed by atoms with Crippen molar-refractivity contribution in [1.82, 2.24) is 5.32 Å². The summed E-state index contributed by atoms with van der Waals surface area (Å²) < 4.78 is 0. The van der Waals surface area contributed by atoms with Crippen LogP contribution in [0.2, 0.25) is 0 Å². The lowest BCUT2D eigenvalue weighted by Gasteiger charge is -2.24. The molecule has 3 unspecified atom stereocenters. The Kier molecular flexibility index (Phi) is 5.34. The van der Waals surface area contributed by atoms with E-state index in [-0.39, 0.29) is 0 Å². The van der Waals surface area contributed by atoms with Gasteiger partial charge in [0.25, 0.3) is 0 Å². The van der Waals surface area contributed by atoms with Crippen molar-refractivity contribution < 1.29 is 0 Å². The Bertz CT molecular complexity index is 208. The number of nitrogens with one attached hydrogen (secondary N) is 1. The van der Waals surface area contributed by atoms with Gasteiger partial charge >= 0.3 is 0 Å². The Balaban J connectivity index is 1.61. The molecule has 0 amide bonds. The van der Waals surface area contributed by atoms with Crippen molar-refractivity contribution in [3.05, 3.63) is 0 Å². The molecule has 2 saturated carbocycles. The second kappa shape index (κ2) is 6.78. The second-order valence-electron chi connectivity index (χ2n) is 6.46. The zero-order valence-corrected chi connectivity index (χ0v) is 11.9. The van der Waals surface area contributed by atoms with Gasteiger partial charge in [0.15, 0.2) is 0 Å². The lowest BCUT2D eigenvalue weighted by Crippen LogP contribution is -2.34. The van der Waals surface area contributed by atoms with Gasteiger partial charge in [-0.15, -0.1) is 0 Å². The van der Waals surface area contributed by atoms with Crippen molar-refractivity contribution in [3.63, 3.8) is 0 Å². The molecule has 2 fully saturated rings. The summed E-state index contributed by atoms with van der Waals surface area (Å²) in [5.74, 6) is 2.93. The van der Waals surface area contributed by atoms with E-state index < -0.39 is 0 Å². The molecule has 0 spiro atoms. The first-order valence-electron chi connectivity index (χ1n) is 8.04. The van der Waals surface area contributed by atoms with Crippen LogP contribution in [0, 0.1) is 17.8 Å². The fourth-order valence-corrected chi connectivity index (χ4v) is 4.06. The maximum absolute atomic E-state index is 3.84. The molecule has 1 nitrogen and oxygen atoms in total. The highest BCUT2D eigenvalue weighted by molar-refractivity contribution is 4.86. The van der Waals surface area contributed by atoms with E-state index in [0.717, 1.165) is 23.8 Å². The molecule has 17 heavy (non-hydrogen) atoms. The lowest BCUT2D eigenvalue weighted by molar-refractivity contribution is 0.306. The summed E-state index contributed by atoms with van der Waals surface area (Å²) >= 11 is 0. The molecule has 0 saturated heterocycles. The van der Waals surface area contributed by atoms with Crippen molar-refractivity contribution in [2.45, 2.75) is 77.7 Å². The van der Waals surface area contributed by atoms with Crippen molar-refractivity contribution in [3.8, 4) is 0 Å². The van der Waals surface area contributed by atoms with E-state index in [1.165, 1.54) is 64.3 Å². The van der Waals surface area contributed by atoms with Crippen LogP contribution in [-0.2, 0) is 0 Å². The molecule has 1 N–H and O–H groups in total. The van der Waals surface area contributed by atoms with Crippen LogP contribution in [0.3, 0.4) is 0 Å². The van der Waals surface area contributed by atoms with Crippen LogP contribution >= 0.6 is 0 Å². The summed E-state index contributed by atoms with van der Waals surface area (Å²) in [6, 6.07) is 0.823. The first-order valence-corrected chi connectivity index (χ1v) is 8.04. The van der Waals surface area contributed by atoms with E-state index in [4.69, 9.17) is 0 Å². The average molecular weight is 237 g/mol. The maximum atomic E-state index is 3.84. The molecule has 0 bridgehead atoms. The zero-order valence-electron chi connectivity index (χ0n) is 11.9. The summed E-state index contributed by atoms with van der Waals surface area (Å²) in [7, 11) is 0. The zero-order chi connectivity index (χ0) is 12.1. The van der Waals surface area contributed by atoms with Crippen LogP contribution in [0.25, 0.3) is 0 Å². The minimum atomic E-state index is 0.823. The van der Waals surface area contributed by atoms with Gasteiger partial charge in [-0.1, -0.05) is 52.4 Å². The summed E-state index contributed by atoms with van der Waals surface area (Å²) in [4.78, 5) is 0. The highest BCUT2D eigenvalue weighted by Crippen LogP contribution is 2.34. The minimum absolute atomic E-state index is 0.823. The van der Waals surface area contributed by atoms with Gasteiger partial charge in [0.2, 0.25) is 0 Å². The summed E-state index contributed by atoms with van der Waals surface area (Å²) in [6.45, 7) is 6.08. The molecule has 0 aliphatic heterocycles. The predicted octanol–water partition coefficient (Wildman–Crippen LogP) is 4.37. The molecule has 3 atom stereocenters. The van der Waals surface area contributed by atoms with Gasteiger partial charge < -0.3 is 5.32 Å². The Labute approximate surface area is 108 Å². The van der Waals surface area contributed by atoms with E-state index in [0.29, 0.717) is 0 Å². The van der Waals surface area contributed by atoms with Gasteiger partial charge in [-0.2, -0.15) is 0 Å². The Hall–Kier alpha value is -0.0400. The third-order valence-electron chi connectivity index (χ3n) is 5.43. The molecular formula is C16H31N. The van der Waals surface area contributed by atoms with E-state index in [9.17, 15) is 0 Å². The highest BCUT2D eigenvalue weighted by Gasteiger charge is 2.30.